The third-order valence-electron chi connectivity index (χ3n) is 3.34. The summed E-state index contributed by atoms with van der Waals surface area (Å²) in [7, 11) is 0. The predicted molar refractivity (Wildman–Crippen MR) is 73.4 cm³/mol. The first-order valence-electron chi connectivity index (χ1n) is 6.44. The molecule has 1 aromatic rings. The summed E-state index contributed by atoms with van der Waals surface area (Å²) in [4.78, 5) is 4.25. The van der Waals surface area contributed by atoms with Crippen LogP contribution in [0.3, 0.4) is 0 Å². The van der Waals surface area contributed by atoms with Crippen molar-refractivity contribution >= 4 is 23.1 Å². The topological polar surface area (TPSA) is 50.9 Å². The van der Waals surface area contributed by atoms with Gasteiger partial charge in [-0.2, -0.15) is 0 Å². The molecule has 0 amide bonds. The first-order valence-corrected chi connectivity index (χ1v) is 6.82. The van der Waals surface area contributed by atoms with Crippen LogP contribution in [-0.2, 0) is 0 Å². The summed E-state index contributed by atoms with van der Waals surface area (Å²) in [5.74, 6) is 0.739. The molecule has 1 aliphatic rings. The zero-order chi connectivity index (χ0) is 12.1. The fourth-order valence-corrected chi connectivity index (χ4v) is 2.50. The Morgan fingerprint density at radius 2 is 1.76 bits per heavy atom. The van der Waals surface area contributed by atoms with Gasteiger partial charge in [-0.15, -0.1) is 0 Å². The van der Waals surface area contributed by atoms with Crippen molar-refractivity contribution in [3.63, 3.8) is 0 Å². The Balaban J connectivity index is 2.00. The Morgan fingerprint density at radius 3 is 2.47 bits per heavy atom. The van der Waals surface area contributed by atoms with Gasteiger partial charge < -0.3 is 11.1 Å². The average Bonchev–Trinajstić information content (AvgIpc) is 2.27. The number of rotatable bonds is 2. The van der Waals surface area contributed by atoms with Gasteiger partial charge >= 0.3 is 0 Å². The Hall–Kier alpha value is -0.960. The second-order valence-electron chi connectivity index (χ2n) is 4.76. The highest BCUT2D eigenvalue weighted by atomic mass is 35.5. The third kappa shape index (κ3) is 3.77. The van der Waals surface area contributed by atoms with Gasteiger partial charge in [0.05, 0.1) is 5.69 Å². The minimum atomic E-state index is 0.489. The van der Waals surface area contributed by atoms with E-state index in [0.29, 0.717) is 16.9 Å². The smallest absolute Gasteiger partial charge is 0.151 e. The van der Waals surface area contributed by atoms with Gasteiger partial charge in [-0.1, -0.05) is 43.7 Å². The minimum Gasteiger partial charge on any atom is -0.396 e. The number of nitrogen functional groups attached to an aromatic ring is 1. The predicted octanol–water partition coefficient (Wildman–Crippen LogP) is 3.84. The summed E-state index contributed by atoms with van der Waals surface area (Å²) in [5.41, 5.74) is 6.57. The zero-order valence-electron chi connectivity index (χ0n) is 10.1. The van der Waals surface area contributed by atoms with Crippen molar-refractivity contribution in [2.24, 2.45) is 0 Å². The van der Waals surface area contributed by atoms with E-state index in [2.05, 4.69) is 10.3 Å². The maximum absolute atomic E-state index is 5.89. The van der Waals surface area contributed by atoms with Gasteiger partial charge in [0.25, 0.3) is 0 Å². The average molecular weight is 254 g/mol. The molecule has 17 heavy (non-hydrogen) atoms. The Morgan fingerprint density at radius 1 is 1.12 bits per heavy atom. The zero-order valence-corrected chi connectivity index (χ0v) is 10.8. The molecule has 1 saturated carbocycles. The molecule has 0 aliphatic heterocycles. The van der Waals surface area contributed by atoms with Crippen LogP contribution in [0.15, 0.2) is 12.1 Å². The number of nitrogens with zero attached hydrogens (tertiary/aromatic N) is 1. The van der Waals surface area contributed by atoms with Crippen LogP contribution in [0.1, 0.15) is 44.9 Å². The second kappa shape index (κ2) is 6.10. The quantitative estimate of drug-likeness (QED) is 0.788. The molecule has 94 valence electrons. The maximum atomic E-state index is 5.89. The molecule has 0 saturated heterocycles. The lowest BCUT2D eigenvalue weighted by Crippen LogP contribution is -2.22. The molecule has 0 aromatic carbocycles. The largest absolute Gasteiger partial charge is 0.396 e. The molecule has 1 aromatic heterocycles. The van der Waals surface area contributed by atoms with E-state index in [9.17, 15) is 0 Å². The normalized spacial score (nSPS) is 18.4. The van der Waals surface area contributed by atoms with Crippen LogP contribution in [0, 0.1) is 0 Å². The standard InChI is InChI=1S/C13H20ClN3/c14-12-9-8-11(15)13(17-12)16-10-6-4-2-1-3-5-7-10/h8-10H,1-7,15H2,(H,16,17). The van der Waals surface area contributed by atoms with E-state index in [1.165, 1.54) is 44.9 Å². The highest BCUT2D eigenvalue weighted by molar-refractivity contribution is 6.29. The lowest BCUT2D eigenvalue weighted by molar-refractivity contribution is 0.471. The van der Waals surface area contributed by atoms with Gasteiger partial charge in [-0.05, 0) is 25.0 Å². The van der Waals surface area contributed by atoms with Crippen molar-refractivity contribution in [3.05, 3.63) is 17.3 Å². The summed E-state index contributed by atoms with van der Waals surface area (Å²) in [5, 5.41) is 3.93. The van der Waals surface area contributed by atoms with E-state index in [4.69, 9.17) is 17.3 Å². The van der Waals surface area contributed by atoms with Crippen molar-refractivity contribution in [1.29, 1.82) is 0 Å². The molecule has 0 atom stereocenters. The fraction of sp³-hybridized carbons (Fsp3) is 0.615. The van der Waals surface area contributed by atoms with Crippen molar-refractivity contribution in [3.8, 4) is 0 Å². The molecular formula is C13H20ClN3. The summed E-state index contributed by atoms with van der Waals surface area (Å²) < 4.78 is 0. The molecule has 3 N–H and O–H groups in total. The fourth-order valence-electron chi connectivity index (χ4n) is 2.36. The lowest BCUT2D eigenvalue weighted by atomic mass is 9.97. The van der Waals surface area contributed by atoms with Gasteiger partial charge in [-0.3, -0.25) is 0 Å². The minimum absolute atomic E-state index is 0.489. The summed E-state index contributed by atoms with van der Waals surface area (Å²) in [6.07, 6.45) is 9.05. The van der Waals surface area contributed by atoms with Crippen LogP contribution >= 0.6 is 11.6 Å². The molecule has 0 spiro atoms. The van der Waals surface area contributed by atoms with Crippen molar-refractivity contribution in [2.75, 3.05) is 11.1 Å². The van der Waals surface area contributed by atoms with Gasteiger partial charge in [0.2, 0.25) is 0 Å². The van der Waals surface area contributed by atoms with Gasteiger partial charge in [-0.25, -0.2) is 4.98 Å². The van der Waals surface area contributed by atoms with Crippen LogP contribution in [0.5, 0.6) is 0 Å². The molecule has 1 fully saturated rings. The molecule has 4 heteroatoms. The molecule has 0 radical (unpaired) electrons. The number of anilines is 2. The maximum Gasteiger partial charge on any atom is 0.151 e. The Kier molecular flexibility index (Phi) is 4.49. The summed E-state index contributed by atoms with van der Waals surface area (Å²) in [6.45, 7) is 0. The lowest BCUT2D eigenvalue weighted by Gasteiger charge is -2.22. The van der Waals surface area contributed by atoms with Gasteiger partial charge in [0.15, 0.2) is 5.82 Å². The van der Waals surface area contributed by atoms with E-state index in [1.54, 1.807) is 12.1 Å². The van der Waals surface area contributed by atoms with Crippen molar-refractivity contribution in [1.82, 2.24) is 4.98 Å². The summed E-state index contributed by atoms with van der Waals surface area (Å²) >= 11 is 5.89. The van der Waals surface area contributed by atoms with E-state index in [0.717, 1.165) is 5.82 Å². The number of pyridine rings is 1. The Labute approximate surface area is 108 Å². The van der Waals surface area contributed by atoms with E-state index >= 15 is 0 Å². The number of halogens is 1. The Bertz CT molecular complexity index is 360. The van der Waals surface area contributed by atoms with Crippen LogP contribution in [0.4, 0.5) is 11.5 Å². The van der Waals surface area contributed by atoms with E-state index in [1.807, 2.05) is 0 Å². The van der Waals surface area contributed by atoms with Crippen molar-refractivity contribution in [2.45, 2.75) is 51.0 Å². The van der Waals surface area contributed by atoms with Gasteiger partial charge in [0, 0.05) is 6.04 Å². The molecule has 0 bridgehead atoms. The monoisotopic (exact) mass is 253 g/mol. The molecule has 1 aliphatic carbocycles. The molecular weight excluding hydrogens is 234 g/mol. The second-order valence-corrected chi connectivity index (χ2v) is 5.15. The number of hydrogen-bond donors (Lipinski definition) is 2. The highest BCUT2D eigenvalue weighted by Gasteiger charge is 2.13. The summed E-state index contributed by atoms with van der Waals surface area (Å²) in [6, 6.07) is 4.02. The molecule has 3 nitrogen and oxygen atoms in total. The van der Waals surface area contributed by atoms with Crippen LogP contribution in [-0.4, -0.2) is 11.0 Å². The SMILES string of the molecule is Nc1ccc(Cl)nc1NC1CCCCCCC1. The number of nitrogens with one attached hydrogen (secondary N) is 1. The molecule has 0 unspecified atom stereocenters. The molecule has 1 heterocycles. The van der Waals surface area contributed by atoms with Crippen molar-refractivity contribution < 1.29 is 0 Å². The number of aromatic nitrogens is 1. The van der Waals surface area contributed by atoms with E-state index in [-0.39, 0.29) is 0 Å². The van der Waals surface area contributed by atoms with Crippen LogP contribution in [0.25, 0.3) is 0 Å². The first kappa shape index (κ1) is 12.5. The van der Waals surface area contributed by atoms with E-state index < -0.39 is 0 Å². The van der Waals surface area contributed by atoms with Crippen LogP contribution in [0.2, 0.25) is 5.15 Å². The van der Waals surface area contributed by atoms with Crippen LogP contribution < -0.4 is 11.1 Å². The number of nitrogens with two attached hydrogens (primary N) is 1. The van der Waals surface area contributed by atoms with Gasteiger partial charge in [0.1, 0.15) is 5.15 Å². The third-order valence-corrected chi connectivity index (χ3v) is 3.55. The number of hydrogen-bond acceptors (Lipinski definition) is 3. The first-order chi connectivity index (χ1) is 8.25. The highest BCUT2D eigenvalue weighted by Crippen LogP contribution is 2.24. The molecule has 2 rings (SSSR count).